The van der Waals surface area contributed by atoms with Gasteiger partial charge >= 0.3 is 0 Å². The molecule has 0 spiro atoms. The second-order valence-corrected chi connectivity index (χ2v) is 2.20. The Morgan fingerprint density at radius 2 is 2.40 bits per heavy atom. The number of hydrogen-bond donors (Lipinski definition) is 2. The van der Waals surface area contributed by atoms with Gasteiger partial charge in [0.2, 0.25) is 5.91 Å². The van der Waals surface area contributed by atoms with E-state index >= 15 is 0 Å². The number of aliphatic hydroxyl groups is 1. The Labute approximate surface area is 56.7 Å². The summed E-state index contributed by atoms with van der Waals surface area (Å²) in [5.41, 5.74) is -2.13. The number of amides is 1. The third-order valence-electron chi connectivity index (χ3n) is 1.40. The van der Waals surface area contributed by atoms with Crippen molar-refractivity contribution in [1.82, 2.24) is 5.32 Å². The third kappa shape index (κ3) is 0.950. The van der Waals surface area contributed by atoms with Crippen molar-refractivity contribution >= 4 is 11.9 Å². The van der Waals surface area contributed by atoms with Crippen molar-refractivity contribution in [2.24, 2.45) is 0 Å². The normalized spacial score (nSPS) is 31.9. The smallest absolute Gasteiger partial charge is 0.222 e. The highest BCUT2D eigenvalue weighted by atomic mass is 16.4. The molecule has 1 amide bonds. The van der Waals surface area contributed by atoms with Crippen molar-refractivity contribution in [2.75, 3.05) is 0 Å². The summed E-state index contributed by atoms with van der Waals surface area (Å²) in [6, 6.07) is 0. The summed E-state index contributed by atoms with van der Waals surface area (Å²) in [4.78, 5) is 20.5. The van der Waals surface area contributed by atoms with Gasteiger partial charge in [0.05, 0.1) is 5.97 Å². The van der Waals surface area contributed by atoms with E-state index in [1.165, 1.54) is 0 Å². The fourth-order valence-electron chi connectivity index (χ4n) is 0.803. The molecule has 1 atom stereocenters. The van der Waals surface area contributed by atoms with E-state index in [9.17, 15) is 14.7 Å². The van der Waals surface area contributed by atoms with Crippen LogP contribution in [0.5, 0.6) is 0 Å². The van der Waals surface area contributed by atoms with E-state index in [4.69, 9.17) is 5.11 Å². The van der Waals surface area contributed by atoms with Gasteiger partial charge in [-0.2, -0.15) is 0 Å². The topological polar surface area (TPSA) is 89.5 Å². The van der Waals surface area contributed by atoms with Gasteiger partial charge < -0.3 is 20.3 Å². The Balaban J connectivity index is 2.72. The molecular formula is C5H6NO4-. The predicted molar refractivity (Wildman–Crippen MR) is 27.3 cm³/mol. The summed E-state index contributed by atoms with van der Waals surface area (Å²) in [5.74, 6) is -2.12. The first kappa shape index (κ1) is 7.01. The van der Waals surface area contributed by atoms with Crippen LogP contribution in [0.25, 0.3) is 0 Å². The highest BCUT2D eigenvalue weighted by Gasteiger charge is 2.36. The molecule has 5 heteroatoms. The summed E-state index contributed by atoms with van der Waals surface area (Å²) >= 11 is 0. The van der Waals surface area contributed by atoms with E-state index < -0.39 is 17.6 Å². The van der Waals surface area contributed by atoms with E-state index in [0.717, 1.165) is 0 Å². The molecule has 0 radical (unpaired) electrons. The van der Waals surface area contributed by atoms with Crippen molar-refractivity contribution in [1.29, 1.82) is 0 Å². The van der Waals surface area contributed by atoms with Gasteiger partial charge in [-0.25, -0.2) is 0 Å². The molecule has 0 saturated carbocycles. The van der Waals surface area contributed by atoms with Gasteiger partial charge in [-0.1, -0.05) is 0 Å². The first-order valence-corrected chi connectivity index (χ1v) is 2.79. The first-order chi connectivity index (χ1) is 4.54. The van der Waals surface area contributed by atoms with Gasteiger partial charge in [0, 0.05) is 12.8 Å². The number of carbonyl (C=O) groups excluding carboxylic acids is 2. The second-order valence-electron chi connectivity index (χ2n) is 2.20. The molecule has 5 nitrogen and oxygen atoms in total. The number of rotatable bonds is 1. The largest absolute Gasteiger partial charge is 0.545 e. The highest BCUT2D eigenvalue weighted by molar-refractivity contribution is 5.88. The van der Waals surface area contributed by atoms with Crippen LogP contribution >= 0.6 is 0 Å². The van der Waals surface area contributed by atoms with Crippen molar-refractivity contribution in [3.63, 3.8) is 0 Å². The van der Waals surface area contributed by atoms with Gasteiger partial charge in [-0.15, -0.1) is 0 Å². The van der Waals surface area contributed by atoms with Crippen LogP contribution in [-0.2, 0) is 9.59 Å². The fraction of sp³-hybridized carbons (Fsp3) is 0.600. The monoisotopic (exact) mass is 144 g/mol. The molecule has 0 aromatic carbocycles. The molecule has 1 fully saturated rings. The molecule has 0 aliphatic carbocycles. The van der Waals surface area contributed by atoms with Crippen LogP contribution in [0.3, 0.4) is 0 Å². The van der Waals surface area contributed by atoms with Gasteiger partial charge in [0.15, 0.2) is 5.72 Å². The summed E-state index contributed by atoms with van der Waals surface area (Å²) in [5, 5.41) is 20.9. The van der Waals surface area contributed by atoms with Gasteiger partial charge in [0.25, 0.3) is 0 Å². The molecule has 0 bridgehead atoms. The van der Waals surface area contributed by atoms with Crippen molar-refractivity contribution in [3.8, 4) is 0 Å². The average Bonchev–Trinajstić information content (AvgIpc) is 2.13. The molecule has 1 rings (SSSR count). The zero-order chi connectivity index (χ0) is 7.78. The first-order valence-electron chi connectivity index (χ1n) is 2.79. The zero-order valence-electron chi connectivity index (χ0n) is 5.09. The molecular weight excluding hydrogens is 138 g/mol. The van der Waals surface area contributed by atoms with Gasteiger partial charge in [-0.3, -0.25) is 4.79 Å². The standard InChI is InChI=1S/C5H7NO4/c7-3-1-2-5(10,6-3)4(8)9/h10H,1-2H2,(H,6,7)(H,8,9)/p-1/t5-/m1/s1. The number of carbonyl (C=O) groups is 2. The number of carboxylic acid groups (broad SMARTS) is 1. The SMILES string of the molecule is O=C1CC[C@@](O)(C(=O)[O-])N1. The van der Waals surface area contributed by atoms with E-state index in [1.54, 1.807) is 0 Å². The van der Waals surface area contributed by atoms with Crippen LogP contribution in [-0.4, -0.2) is 22.7 Å². The van der Waals surface area contributed by atoms with Crippen LogP contribution in [0.1, 0.15) is 12.8 Å². The van der Waals surface area contributed by atoms with Crippen LogP contribution in [0, 0.1) is 0 Å². The van der Waals surface area contributed by atoms with Crippen LogP contribution in [0.4, 0.5) is 0 Å². The van der Waals surface area contributed by atoms with Crippen molar-refractivity contribution in [3.05, 3.63) is 0 Å². The van der Waals surface area contributed by atoms with E-state index in [0.29, 0.717) is 0 Å². The Bertz CT molecular complexity index is 190. The molecule has 0 aromatic heterocycles. The quantitative estimate of drug-likeness (QED) is 0.420. The number of aliphatic carboxylic acids is 1. The molecule has 56 valence electrons. The van der Waals surface area contributed by atoms with Gasteiger partial charge in [-0.05, 0) is 0 Å². The molecule has 1 aliphatic rings. The third-order valence-corrected chi connectivity index (χ3v) is 1.40. The maximum absolute atomic E-state index is 10.4. The molecule has 10 heavy (non-hydrogen) atoms. The average molecular weight is 144 g/mol. The molecule has 0 unspecified atom stereocenters. The minimum Gasteiger partial charge on any atom is -0.545 e. The summed E-state index contributed by atoms with van der Waals surface area (Å²) in [6.45, 7) is 0. The minimum absolute atomic E-state index is 0.0322. The second kappa shape index (κ2) is 1.95. The maximum atomic E-state index is 10.4. The molecule has 1 saturated heterocycles. The fourth-order valence-corrected chi connectivity index (χ4v) is 0.803. The lowest BCUT2D eigenvalue weighted by Crippen LogP contribution is -2.55. The van der Waals surface area contributed by atoms with Crippen molar-refractivity contribution < 1.29 is 19.8 Å². The number of nitrogens with one attached hydrogen (secondary N) is 1. The molecule has 0 aromatic rings. The minimum atomic E-state index is -2.13. The summed E-state index contributed by atoms with van der Waals surface area (Å²) < 4.78 is 0. The zero-order valence-corrected chi connectivity index (χ0v) is 5.09. The Morgan fingerprint density at radius 3 is 2.60 bits per heavy atom. The lowest BCUT2D eigenvalue weighted by atomic mass is 10.2. The number of carboxylic acids is 1. The van der Waals surface area contributed by atoms with Crippen LogP contribution in [0.15, 0.2) is 0 Å². The molecule has 1 heterocycles. The molecule has 2 N–H and O–H groups in total. The van der Waals surface area contributed by atoms with E-state index in [-0.39, 0.29) is 12.8 Å². The summed E-state index contributed by atoms with van der Waals surface area (Å²) in [6.07, 6.45) is -0.0847. The Morgan fingerprint density at radius 1 is 1.80 bits per heavy atom. The lowest BCUT2D eigenvalue weighted by molar-refractivity contribution is -0.325. The van der Waals surface area contributed by atoms with Crippen LogP contribution in [0.2, 0.25) is 0 Å². The van der Waals surface area contributed by atoms with E-state index in [1.807, 2.05) is 5.32 Å². The van der Waals surface area contributed by atoms with E-state index in [2.05, 4.69) is 0 Å². The summed E-state index contributed by atoms with van der Waals surface area (Å²) in [7, 11) is 0. The maximum Gasteiger partial charge on any atom is 0.222 e. The Hall–Kier alpha value is -1.10. The van der Waals surface area contributed by atoms with Crippen molar-refractivity contribution in [2.45, 2.75) is 18.6 Å². The van der Waals surface area contributed by atoms with Crippen LogP contribution < -0.4 is 10.4 Å². The lowest BCUT2D eigenvalue weighted by Gasteiger charge is -2.22. The highest BCUT2D eigenvalue weighted by Crippen LogP contribution is 2.15. The Kier molecular flexibility index (Phi) is 1.37. The molecule has 1 aliphatic heterocycles. The number of hydrogen-bond acceptors (Lipinski definition) is 4. The van der Waals surface area contributed by atoms with Gasteiger partial charge in [0.1, 0.15) is 0 Å². The predicted octanol–water partition coefficient (Wildman–Crippen LogP) is -2.67.